The molecule has 0 fully saturated rings. The molecule has 0 aromatic heterocycles. The molecule has 21 heavy (non-hydrogen) atoms. The first-order valence-electron chi connectivity index (χ1n) is 6.56. The zero-order valence-corrected chi connectivity index (χ0v) is 15.4. The van der Waals surface area contributed by atoms with E-state index in [1.165, 1.54) is 0 Å². The third kappa shape index (κ3) is 6.18. The quantitative estimate of drug-likeness (QED) is 0.754. The van der Waals surface area contributed by atoms with Crippen molar-refractivity contribution >= 4 is 43.7 Å². The second-order valence-corrected chi connectivity index (χ2v) is 7.90. The van der Waals surface area contributed by atoms with E-state index in [2.05, 4.69) is 37.2 Å². The maximum Gasteiger partial charge on any atom is 0.308 e. The lowest BCUT2D eigenvalue weighted by Gasteiger charge is -2.23. The molecule has 116 valence electrons. The second kappa shape index (κ2) is 7.40. The number of carbonyl (C=O) groups excluding carboxylic acids is 1. The van der Waals surface area contributed by atoms with Crippen molar-refractivity contribution in [2.45, 2.75) is 27.2 Å². The Hall–Kier alpha value is -0.880. The van der Waals surface area contributed by atoms with Gasteiger partial charge in [0, 0.05) is 15.5 Å². The zero-order valence-electron chi connectivity index (χ0n) is 12.2. The molecule has 1 atom stereocenters. The SMILES string of the molecule is CC(C)(C)CC(CNC(=O)c1ccc(Br)cc1Br)C(=O)O. The van der Waals surface area contributed by atoms with Gasteiger partial charge in [0.15, 0.2) is 0 Å². The van der Waals surface area contributed by atoms with Crippen molar-refractivity contribution in [3.05, 3.63) is 32.7 Å². The van der Waals surface area contributed by atoms with Crippen LogP contribution in [0.5, 0.6) is 0 Å². The van der Waals surface area contributed by atoms with Gasteiger partial charge in [-0.3, -0.25) is 9.59 Å². The van der Waals surface area contributed by atoms with Crippen LogP contribution in [0.25, 0.3) is 0 Å². The number of rotatable bonds is 5. The second-order valence-electron chi connectivity index (χ2n) is 6.13. The first kappa shape index (κ1) is 18.2. The predicted octanol–water partition coefficient (Wildman–Crippen LogP) is 4.08. The standard InChI is InChI=1S/C15H19Br2NO3/c1-15(2,3)7-9(14(20)21)8-18-13(19)11-5-4-10(16)6-12(11)17/h4-6,9H,7-8H2,1-3H3,(H,18,19)(H,20,21). The minimum atomic E-state index is -0.889. The Kier molecular flexibility index (Phi) is 6.41. The summed E-state index contributed by atoms with van der Waals surface area (Å²) in [6, 6.07) is 5.23. The van der Waals surface area contributed by atoms with Crippen molar-refractivity contribution < 1.29 is 14.7 Å². The average Bonchev–Trinajstić information content (AvgIpc) is 2.32. The van der Waals surface area contributed by atoms with E-state index in [9.17, 15) is 14.7 Å². The topological polar surface area (TPSA) is 66.4 Å². The van der Waals surface area contributed by atoms with Gasteiger partial charge in [0.1, 0.15) is 0 Å². The Labute approximate surface area is 141 Å². The minimum Gasteiger partial charge on any atom is -0.481 e. The van der Waals surface area contributed by atoms with Gasteiger partial charge in [-0.1, -0.05) is 36.7 Å². The van der Waals surface area contributed by atoms with E-state index in [1.54, 1.807) is 18.2 Å². The zero-order chi connectivity index (χ0) is 16.2. The van der Waals surface area contributed by atoms with E-state index in [0.717, 1.165) is 4.47 Å². The molecule has 1 aromatic rings. The van der Waals surface area contributed by atoms with Gasteiger partial charge in [0.25, 0.3) is 5.91 Å². The summed E-state index contributed by atoms with van der Waals surface area (Å²) in [5, 5.41) is 11.9. The highest BCUT2D eigenvalue weighted by atomic mass is 79.9. The summed E-state index contributed by atoms with van der Waals surface area (Å²) in [4.78, 5) is 23.4. The molecule has 1 amide bonds. The fourth-order valence-corrected chi connectivity index (χ4v) is 3.20. The van der Waals surface area contributed by atoms with Gasteiger partial charge < -0.3 is 10.4 Å². The molecule has 0 radical (unpaired) electrons. The van der Waals surface area contributed by atoms with E-state index >= 15 is 0 Å². The van der Waals surface area contributed by atoms with Gasteiger partial charge in [0.2, 0.25) is 0 Å². The highest BCUT2D eigenvalue weighted by Gasteiger charge is 2.25. The highest BCUT2D eigenvalue weighted by molar-refractivity contribution is 9.11. The number of aliphatic carboxylic acids is 1. The molecule has 0 aliphatic rings. The molecule has 0 saturated heterocycles. The summed E-state index contributed by atoms with van der Waals surface area (Å²) in [7, 11) is 0. The largest absolute Gasteiger partial charge is 0.481 e. The van der Waals surface area contributed by atoms with Crippen LogP contribution in [0.1, 0.15) is 37.6 Å². The van der Waals surface area contributed by atoms with E-state index in [1.807, 2.05) is 20.8 Å². The molecule has 4 nitrogen and oxygen atoms in total. The van der Waals surface area contributed by atoms with Gasteiger partial charge in [-0.05, 0) is 46.0 Å². The number of carbonyl (C=O) groups is 2. The van der Waals surface area contributed by atoms with Gasteiger partial charge in [0.05, 0.1) is 11.5 Å². The third-order valence-electron chi connectivity index (χ3n) is 2.89. The molecule has 1 rings (SSSR count). The molecule has 6 heteroatoms. The van der Waals surface area contributed by atoms with Gasteiger partial charge in [-0.25, -0.2) is 0 Å². The Morgan fingerprint density at radius 3 is 2.38 bits per heavy atom. The molecular weight excluding hydrogens is 402 g/mol. The van der Waals surface area contributed by atoms with Crippen molar-refractivity contribution in [1.29, 1.82) is 0 Å². The number of amides is 1. The van der Waals surface area contributed by atoms with Crippen LogP contribution >= 0.6 is 31.9 Å². The maximum absolute atomic E-state index is 12.1. The van der Waals surface area contributed by atoms with Crippen LogP contribution in [-0.2, 0) is 4.79 Å². The molecular formula is C15H19Br2NO3. The number of carboxylic acid groups (broad SMARTS) is 1. The lowest BCUT2D eigenvalue weighted by Crippen LogP contribution is -2.35. The van der Waals surface area contributed by atoms with Crippen LogP contribution in [0.2, 0.25) is 0 Å². The number of hydrogen-bond donors (Lipinski definition) is 2. The van der Waals surface area contributed by atoms with Crippen molar-refractivity contribution in [2.75, 3.05) is 6.54 Å². The number of carboxylic acids is 1. The molecule has 0 aliphatic carbocycles. The molecule has 1 aromatic carbocycles. The molecule has 0 heterocycles. The van der Waals surface area contributed by atoms with Crippen LogP contribution < -0.4 is 5.32 Å². The first-order chi connectivity index (χ1) is 9.60. The fraction of sp³-hybridized carbons (Fsp3) is 0.467. The van der Waals surface area contributed by atoms with Crippen LogP contribution in [0.3, 0.4) is 0 Å². The number of hydrogen-bond acceptors (Lipinski definition) is 2. The predicted molar refractivity (Wildman–Crippen MR) is 89.4 cm³/mol. The van der Waals surface area contributed by atoms with Crippen LogP contribution in [0.4, 0.5) is 0 Å². The number of halogens is 2. The van der Waals surface area contributed by atoms with Crippen molar-refractivity contribution in [2.24, 2.45) is 11.3 Å². The van der Waals surface area contributed by atoms with Crippen molar-refractivity contribution in [3.8, 4) is 0 Å². The van der Waals surface area contributed by atoms with E-state index in [0.29, 0.717) is 16.5 Å². The van der Waals surface area contributed by atoms with E-state index < -0.39 is 11.9 Å². The summed E-state index contributed by atoms with van der Waals surface area (Å²) >= 11 is 6.65. The van der Waals surface area contributed by atoms with Crippen molar-refractivity contribution in [1.82, 2.24) is 5.32 Å². The summed E-state index contributed by atoms with van der Waals surface area (Å²) in [6.45, 7) is 6.07. The first-order valence-corrected chi connectivity index (χ1v) is 8.15. The fourth-order valence-electron chi connectivity index (χ4n) is 1.97. The summed E-state index contributed by atoms with van der Waals surface area (Å²) in [6.07, 6.45) is 0.504. The Balaban J connectivity index is 2.71. The highest BCUT2D eigenvalue weighted by Crippen LogP contribution is 2.25. The van der Waals surface area contributed by atoms with Gasteiger partial charge in [-0.15, -0.1) is 0 Å². The Morgan fingerprint density at radius 1 is 1.29 bits per heavy atom. The van der Waals surface area contributed by atoms with Crippen LogP contribution in [-0.4, -0.2) is 23.5 Å². The lowest BCUT2D eigenvalue weighted by molar-refractivity contribution is -0.142. The Bertz CT molecular complexity index is 538. The summed E-state index contributed by atoms with van der Waals surface area (Å²) in [5.41, 5.74) is 0.379. The monoisotopic (exact) mass is 419 g/mol. The average molecular weight is 421 g/mol. The lowest BCUT2D eigenvalue weighted by atomic mass is 9.84. The summed E-state index contributed by atoms with van der Waals surface area (Å²) < 4.78 is 1.53. The Morgan fingerprint density at radius 2 is 1.90 bits per heavy atom. The normalized spacial score (nSPS) is 12.8. The molecule has 1 unspecified atom stereocenters. The van der Waals surface area contributed by atoms with Crippen LogP contribution in [0.15, 0.2) is 27.1 Å². The molecule has 0 bridgehead atoms. The van der Waals surface area contributed by atoms with E-state index in [4.69, 9.17) is 0 Å². The van der Waals surface area contributed by atoms with E-state index in [-0.39, 0.29) is 17.9 Å². The smallest absolute Gasteiger partial charge is 0.308 e. The molecule has 0 aliphatic heterocycles. The van der Waals surface area contributed by atoms with Gasteiger partial charge >= 0.3 is 5.97 Å². The molecule has 0 spiro atoms. The van der Waals surface area contributed by atoms with Crippen molar-refractivity contribution in [3.63, 3.8) is 0 Å². The summed E-state index contributed by atoms with van der Waals surface area (Å²) in [5.74, 6) is -1.77. The number of nitrogens with one attached hydrogen (secondary N) is 1. The molecule has 2 N–H and O–H groups in total. The minimum absolute atomic E-state index is 0.105. The number of benzene rings is 1. The third-order valence-corrected chi connectivity index (χ3v) is 4.04. The van der Waals surface area contributed by atoms with Crippen LogP contribution in [0, 0.1) is 11.3 Å². The van der Waals surface area contributed by atoms with Gasteiger partial charge in [-0.2, -0.15) is 0 Å². The molecule has 0 saturated carbocycles. The maximum atomic E-state index is 12.1.